The Labute approximate surface area is 204 Å². The fourth-order valence-corrected chi connectivity index (χ4v) is 7.28. The van der Waals surface area contributed by atoms with Gasteiger partial charge in [0.2, 0.25) is 5.91 Å². The van der Waals surface area contributed by atoms with E-state index in [9.17, 15) is 13.2 Å². The lowest BCUT2D eigenvalue weighted by Gasteiger charge is -2.31. The standard InChI is InChI=1S/C24H18N2O3S4/c27-23(26-19-6-1-3-8-21(19)32-22-9-4-2-7-20(22)26)16-31-18-13-11-17(12-14-18)25-33(28,29)24-10-5-15-30-24/h1-15,25H,16H2. The Hall–Kier alpha value is -2.72. The average Bonchev–Trinajstić information content (AvgIpc) is 3.38. The SMILES string of the molecule is O=C(CSc1ccc(NS(=O)(=O)c2cccs2)cc1)N1c2ccccc2Sc2ccccc21. The van der Waals surface area contributed by atoms with E-state index in [2.05, 4.69) is 4.72 Å². The Morgan fingerprint density at radius 2 is 1.48 bits per heavy atom. The van der Waals surface area contributed by atoms with Crippen LogP contribution in [0, 0.1) is 0 Å². The van der Waals surface area contributed by atoms with Crippen molar-refractivity contribution in [1.29, 1.82) is 0 Å². The van der Waals surface area contributed by atoms with E-state index in [4.69, 9.17) is 0 Å². The molecule has 0 spiro atoms. The minimum Gasteiger partial charge on any atom is -0.279 e. The van der Waals surface area contributed by atoms with Gasteiger partial charge in [0.1, 0.15) is 4.21 Å². The summed E-state index contributed by atoms with van der Waals surface area (Å²) in [6.07, 6.45) is 0. The number of hydrogen-bond acceptors (Lipinski definition) is 6. The Morgan fingerprint density at radius 3 is 2.09 bits per heavy atom. The zero-order chi connectivity index (χ0) is 22.8. The quantitative estimate of drug-likeness (QED) is 0.301. The number of carbonyl (C=O) groups excluding carboxylic acids is 1. The summed E-state index contributed by atoms with van der Waals surface area (Å²) >= 11 is 4.26. The van der Waals surface area contributed by atoms with Gasteiger partial charge in [0.05, 0.1) is 17.1 Å². The predicted octanol–water partition coefficient (Wildman–Crippen LogP) is 6.47. The highest BCUT2D eigenvalue weighted by molar-refractivity contribution is 8.00. The smallest absolute Gasteiger partial charge is 0.271 e. The Balaban J connectivity index is 1.29. The summed E-state index contributed by atoms with van der Waals surface area (Å²) in [5.74, 6) is 0.246. The van der Waals surface area contributed by atoms with Gasteiger partial charge in [0, 0.05) is 20.4 Å². The van der Waals surface area contributed by atoms with Gasteiger partial charge < -0.3 is 0 Å². The van der Waals surface area contributed by atoms with Crippen LogP contribution in [0.1, 0.15) is 0 Å². The number of para-hydroxylation sites is 2. The molecule has 0 unspecified atom stereocenters. The number of hydrogen-bond donors (Lipinski definition) is 1. The number of fused-ring (bicyclic) bond motifs is 2. The van der Waals surface area contributed by atoms with Gasteiger partial charge in [-0.2, -0.15) is 0 Å². The minimum absolute atomic E-state index is 0.0114. The van der Waals surface area contributed by atoms with Gasteiger partial charge in [-0.1, -0.05) is 42.1 Å². The third kappa shape index (κ3) is 4.67. The first kappa shape index (κ1) is 22.1. The normalized spacial score (nSPS) is 12.7. The molecule has 0 saturated heterocycles. The summed E-state index contributed by atoms with van der Waals surface area (Å²) in [5.41, 5.74) is 2.27. The molecule has 0 fully saturated rings. The van der Waals surface area contributed by atoms with Crippen LogP contribution in [-0.2, 0) is 14.8 Å². The predicted molar refractivity (Wildman–Crippen MR) is 136 cm³/mol. The molecule has 1 aromatic heterocycles. The lowest BCUT2D eigenvalue weighted by molar-refractivity contribution is -0.115. The van der Waals surface area contributed by atoms with E-state index in [0.29, 0.717) is 5.69 Å². The van der Waals surface area contributed by atoms with Crippen molar-refractivity contribution in [2.24, 2.45) is 0 Å². The Kier molecular flexibility index (Phi) is 6.20. The second-order valence-electron chi connectivity index (χ2n) is 7.12. The third-order valence-corrected chi connectivity index (χ3v) is 9.82. The molecule has 0 aliphatic carbocycles. The van der Waals surface area contributed by atoms with Crippen molar-refractivity contribution >= 4 is 67.9 Å². The van der Waals surface area contributed by atoms with Crippen molar-refractivity contribution in [3.63, 3.8) is 0 Å². The third-order valence-electron chi connectivity index (χ3n) is 4.91. The maximum Gasteiger partial charge on any atom is 0.271 e. The fourth-order valence-electron chi connectivity index (χ4n) is 3.42. The summed E-state index contributed by atoms with van der Waals surface area (Å²) in [6, 6.07) is 26.1. The van der Waals surface area contributed by atoms with Gasteiger partial charge in [0.15, 0.2) is 0 Å². The van der Waals surface area contributed by atoms with Gasteiger partial charge in [-0.05, 0) is 60.0 Å². The first-order valence-electron chi connectivity index (χ1n) is 9.99. The molecule has 33 heavy (non-hydrogen) atoms. The van der Waals surface area contributed by atoms with Crippen LogP contribution in [0.25, 0.3) is 0 Å². The van der Waals surface area contributed by atoms with Gasteiger partial charge in [0.25, 0.3) is 10.0 Å². The molecular formula is C24H18N2O3S4. The monoisotopic (exact) mass is 510 g/mol. The van der Waals surface area contributed by atoms with Crippen LogP contribution in [0.5, 0.6) is 0 Å². The largest absolute Gasteiger partial charge is 0.279 e. The van der Waals surface area contributed by atoms with Gasteiger partial charge in [-0.3, -0.25) is 14.4 Å². The van der Waals surface area contributed by atoms with Gasteiger partial charge in [-0.25, -0.2) is 8.42 Å². The zero-order valence-corrected chi connectivity index (χ0v) is 20.4. The molecule has 0 radical (unpaired) electrons. The minimum atomic E-state index is -3.58. The molecule has 1 N–H and O–H groups in total. The van der Waals surface area contributed by atoms with E-state index >= 15 is 0 Å². The van der Waals surface area contributed by atoms with Crippen molar-refractivity contribution in [1.82, 2.24) is 0 Å². The van der Waals surface area contributed by atoms with E-state index in [-0.39, 0.29) is 15.9 Å². The maximum absolute atomic E-state index is 13.3. The lowest BCUT2D eigenvalue weighted by Crippen LogP contribution is -2.29. The zero-order valence-electron chi connectivity index (χ0n) is 17.2. The van der Waals surface area contributed by atoms with E-state index < -0.39 is 10.0 Å². The average molecular weight is 511 g/mol. The van der Waals surface area contributed by atoms with Crippen molar-refractivity contribution in [3.05, 3.63) is 90.3 Å². The number of anilines is 3. The Bertz CT molecular complexity index is 1360. The van der Waals surface area contributed by atoms with Crippen LogP contribution in [0.3, 0.4) is 0 Å². The molecule has 0 atom stereocenters. The molecule has 0 bridgehead atoms. The molecule has 1 amide bonds. The number of nitrogens with zero attached hydrogens (tertiary/aromatic N) is 1. The van der Waals surface area contributed by atoms with Crippen LogP contribution in [0.2, 0.25) is 0 Å². The van der Waals surface area contributed by atoms with E-state index in [1.54, 1.807) is 46.3 Å². The lowest BCUT2D eigenvalue weighted by atomic mass is 10.2. The number of benzene rings is 3. The highest BCUT2D eigenvalue weighted by atomic mass is 32.2. The second-order valence-corrected chi connectivity index (χ2v) is 12.1. The number of thioether (sulfide) groups is 1. The number of amides is 1. The second kappa shape index (κ2) is 9.26. The van der Waals surface area contributed by atoms with Crippen LogP contribution in [0.15, 0.2) is 109 Å². The van der Waals surface area contributed by atoms with Crippen LogP contribution < -0.4 is 9.62 Å². The topological polar surface area (TPSA) is 66.5 Å². The van der Waals surface area contributed by atoms with Crippen molar-refractivity contribution in [3.8, 4) is 0 Å². The molecule has 2 heterocycles. The summed E-state index contributed by atoms with van der Waals surface area (Å²) < 4.78 is 27.6. The molecule has 1 aliphatic heterocycles. The maximum atomic E-state index is 13.3. The van der Waals surface area contributed by atoms with Gasteiger partial charge in [-0.15, -0.1) is 23.1 Å². The molecular weight excluding hydrogens is 493 g/mol. The Morgan fingerprint density at radius 1 is 0.848 bits per heavy atom. The molecule has 9 heteroatoms. The highest BCUT2D eigenvalue weighted by Gasteiger charge is 2.27. The summed E-state index contributed by atoms with van der Waals surface area (Å²) in [6.45, 7) is 0. The van der Waals surface area contributed by atoms with E-state index in [1.807, 2.05) is 60.7 Å². The summed E-state index contributed by atoms with van der Waals surface area (Å²) in [7, 11) is -3.58. The van der Waals surface area contributed by atoms with Crippen molar-refractivity contribution in [2.45, 2.75) is 18.9 Å². The molecule has 5 nitrogen and oxygen atoms in total. The first-order valence-corrected chi connectivity index (χ1v) is 14.2. The highest BCUT2D eigenvalue weighted by Crippen LogP contribution is 2.48. The van der Waals surface area contributed by atoms with Crippen LogP contribution in [-0.4, -0.2) is 20.1 Å². The first-order chi connectivity index (χ1) is 16.0. The summed E-state index contributed by atoms with van der Waals surface area (Å²) in [4.78, 5) is 18.1. The molecule has 5 rings (SSSR count). The van der Waals surface area contributed by atoms with Crippen molar-refractivity contribution in [2.75, 3.05) is 15.4 Å². The number of thiophene rings is 1. The number of carbonyl (C=O) groups is 1. The van der Waals surface area contributed by atoms with Crippen LogP contribution >= 0.6 is 34.9 Å². The number of rotatable bonds is 6. The number of nitrogens with one attached hydrogen (secondary N) is 1. The van der Waals surface area contributed by atoms with E-state index in [0.717, 1.165) is 26.1 Å². The molecule has 1 aliphatic rings. The molecule has 0 saturated carbocycles. The molecule has 3 aromatic carbocycles. The van der Waals surface area contributed by atoms with Crippen LogP contribution in [0.4, 0.5) is 17.1 Å². The van der Waals surface area contributed by atoms with Crippen molar-refractivity contribution < 1.29 is 13.2 Å². The number of sulfonamides is 1. The summed E-state index contributed by atoms with van der Waals surface area (Å²) in [5, 5.41) is 1.73. The van der Waals surface area contributed by atoms with Gasteiger partial charge >= 0.3 is 0 Å². The molecule has 166 valence electrons. The van der Waals surface area contributed by atoms with E-state index in [1.165, 1.54) is 23.1 Å². The molecule has 4 aromatic rings. The fraction of sp³-hybridized carbons (Fsp3) is 0.0417.